The van der Waals surface area contributed by atoms with Crippen molar-refractivity contribution in [2.24, 2.45) is 0 Å². The van der Waals surface area contributed by atoms with E-state index >= 15 is 0 Å². The van der Waals surface area contributed by atoms with E-state index in [0.29, 0.717) is 0 Å². The molecule has 0 bridgehead atoms. The van der Waals surface area contributed by atoms with E-state index in [4.69, 9.17) is 5.11 Å². The monoisotopic (exact) mass is 165 g/mol. The Kier molecular flexibility index (Phi) is 2.43. The van der Waals surface area contributed by atoms with Gasteiger partial charge in [0.25, 0.3) is 0 Å². The minimum absolute atomic E-state index is 0.112. The Balaban J connectivity index is 3.04. The molecule has 1 aromatic heterocycles. The van der Waals surface area contributed by atoms with Gasteiger partial charge in [0.1, 0.15) is 5.69 Å². The van der Waals surface area contributed by atoms with Crippen LogP contribution in [-0.4, -0.2) is 16.1 Å². The van der Waals surface area contributed by atoms with Gasteiger partial charge in [-0.3, -0.25) is 0 Å². The molecule has 1 N–H and O–H groups in total. The van der Waals surface area contributed by atoms with Crippen molar-refractivity contribution in [3.63, 3.8) is 0 Å². The lowest BCUT2D eigenvalue weighted by Crippen LogP contribution is -2.03. The zero-order chi connectivity index (χ0) is 9.14. The van der Waals surface area contributed by atoms with Crippen LogP contribution >= 0.6 is 0 Å². The van der Waals surface area contributed by atoms with Gasteiger partial charge < -0.3 is 5.11 Å². The summed E-state index contributed by atoms with van der Waals surface area (Å²) in [5.41, 5.74) is 0.927. The summed E-state index contributed by atoms with van der Waals surface area (Å²) < 4.78 is 0. The van der Waals surface area contributed by atoms with E-state index in [1.54, 1.807) is 6.07 Å². The summed E-state index contributed by atoms with van der Waals surface area (Å²) in [5.74, 6) is -0.707. The lowest BCUT2D eigenvalue weighted by Gasteiger charge is -2.03. The molecule has 0 aliphatic carbocycles. The Morgan fingerprint density at radius 1 is 1.50 bits per heavy atom. The molecule has 3 heteroatoms. The lowest BCUT2D eigenvalue weighted by molar-refractivity contribution is 0.0690. The molecule has 0 saturated carbocycles. The summed E-state index contributed by atoms with van der Waals surface area (Å²) in [6.45, 7) is 3.96. The van der Waals surface area contributed by atoms with Crippen LogP contribution in [-0.2, 0) is 0 Å². The molecule has 12 heavy (non-hydrogen) atoms. The Bertz CT molecular complexity index is 294. The first-order chi connectivity index (χ1) is 5.61. The molecule has 0 unspecified atom stereocenters. The zero-order valence-corrected chi connectivity index (χ0v) is 7.11. The number of carboxylic acid groups (broad SMARTS) is 1. The summed E-state index contributed by atoms with van der Waals surface area (Å²) in [6.07, 6.45) is 0. The number of aromatic carboxylic acids is 1. The van der Waals surface area contributed by atoms with Crippen molar-refractivity contribution in [3.05, 3.63) is 29.6 Å². The van der Waals surface area contributed by atoms with Crippen LogP contribution in [0.25, 0.3) is 0 Å². The van der Waals surface area contributed by atoms with Gasteiger partial charge in [-0.2, -0.15) is 0 Å². The Morgan fingerprint density at radius 3 is 2.67 bits per heavy atom. The molecule has 1 rings (SSSR count). The highest BCUT2D eigenvalue weighted by Gasteiger charge is 2.06. The van der Waals surface area contributed by atoms with Crippen molar-refractivity contribution in [1.29, 1.82) is 0 Å². The minimum Gasteiger partial charge on any atom is -0.477 e. The van der Waals surface area contributed by atoms with Crippen molar-refractivity contribution < 1.29 is 9.90 Å². The van der Waals surface area contributed by atoms with Crippen LogP contribution in [0.4, 0.5) is 0 Å². The molecule has 0 saturated heterocycles. The topological polar surface area (TPSA) is 50.2 Å². The molecule has 0 radical (unpaired) electrons. The SMILES string of the molecule is CC(C)c1cccc(C(=O)O)n1. The number of hydrogen-bond acceptors (Lipinski definition) is 2. The Morgan fingerprint density at radius 2 is 2.17 bits per heavy atom. The minimum atomic E-state index is -0.975. The second-order valence-corrected chi connectivity index (χ2v) is 2.91. The van der Waals surface area contributed by atoms with Gasteiger partial charge in [0, 0.05) is 5.69 Å². The van der Waals surface area contributed by atoms with E-state index in [2.05, 4.69) is 4.98 Å². The molecule has 1 aromatic rings. The van der Waals surface area contributed by atoms with Crippen LogP contribution in [0, 0.1) is 0 Å². The van der Waals surface area contributed by atoms with E-state index in [0.717, 1.165) is 5.69 Å². The van der Waals surface area contributed by atoms with Gasteiger partial charge in [0.2, 0.25) is 0 Å². The average Bonchev–Trinajstić information content (AvgIpc) is 2.04. The Hall–Kier alpha value is -1.38. The molecular weight excluding hydrogens is 154 g/mol. The largest absolute Gasteiger partial charge is 0.477 e. The highest BCUT2D eigenvalue weighted by Crippen LogP contribution is 2.11. The molecule has 0 atom stereocenters. The molecular formula is C9H11NO2. The van der Waals surface area contributed by atoms with E-state index in [1.165, 1.54) is 6.07 Å². The number of rotatable bonds is 2. The smallest absolute Gasteiger partial charge is 0.354 e. The first-order valence-corrected chi connectivity index (χ1v) is 3.81. The van der Waals surface area contributed by atoms with Crippen molar-refractivity contribution >= 4 is 5.97 Å². The van der Waals surface area contributed by atoms with Crippen molar-refractivity contribution in [2.45, 2.75) is 19.8 Å². The van der Waals surface area contributed by atoms with Crippen LogP contribution in [0.1, 0.15) is 35.9 Å². The third-order valence-electron chi connectivity index (χ3n) is 1.58. The summed E-state index contributed by atoms with van der Waals surface area (Å²) in [6, 6.07) is 5.04. The van der Waals surface area contributed by atoms with Gasteiger partial charge in [-0.05, 0) is 18.1 Å². The normalized spacial score (nSPS) is 10.2. The second kappa shape index (κ2) is 3.34. The van der Waals surface area contributed by atoms with Gasteiger partial charge in [0.15, 0.2) is 0 Å². The third-order valence-corrected chi connectivity index (χ3v) is 1.58. The number of carboxylic acids is 1. The number of hydrogen-bond donors (Lipinski definition) is 1. The fourth-order valence-electron chi connectivity index (χ4n) is 0.892. The highest BCUT2D eigenvalue weighted by atomic mass is 16.4. The fourth-order valence-corrected chi connectivity index (χ4v) is 0.892. The van der Waals surface area contributed by atoms with Crippen molar-refractivity contribution in [1.82, 2.24) is 4.98 Å². The molecule has 0 aromatic carbocycles. The highest BCUT2D eigenvalue weighted by molar-refractivity contribution is 5.85. The van der Waals surface area contributed by atoms with Crippen LogP contribution in [0.5, 0.6) is 0 Å². The van der Waals surface area contributed by atoms with Gasteiger partial charge in [-0.25, -0.2) is 9.78 Å². The second-order valence-electron chi connectivity index (χ2n) is 2.91. The number of pyridine rings is 1. The maximum Gasteiger partial charge on any atom is 0.354 e. The predicted octanol–water partition coefficient (Wildman–Crippen LogP) is 1.90. The molecule has 0 fully saturated rings. The number of aromatic nitrogens is 1. The molecule has 1 heterocycles. The summed E-state index contributed by atoms with van der Waals surface area (Å²) in [4.78, 5) is 14.5. The van der Waals surface area contributed by atoms with Gasteiger partial charge >= 0.3 is 5.97 Å². The van der Waals surface area contributed by atoms with Gasteiger partial charge in [0.05, 0.1) is 0 Å². The van der Waals surface area contributed by atoms with Crippen molar-refractivity contribution in [2.75, 3.05) is 0 Å². The van der Waals surface area contributed by atoms with Gasteiger partial charge in [-0.15, -0.1) is 0 Å². The summed E-state index contributed by atoms with van der Waals surface area (Å²) >= 11 is 0. The summed E-state index contributed by atoms with van der Waals surface area (Å²) in [7, 11) is 0. The van der Waals surface area contributed by atoms with Crippen LogP contribution in [0.3, 0.4) is 0 Å². The fraction of sp³-hybridized carbons (Fsp3) is 0.333. The average molecular weight is 165 g/mol. The standard InChI is InChI=1S/C9H11NO2/c1-6(2)7-4-3-5-8(10-7)9(11)12/h3-6H,1-2H3,(H,11,12). The maximum atomic E-state index is 10.5. The van der Waals surface area contributed by atoms with Crippen molar-refractivity contribution in [3.8, 4) is 0 Å². The molecule has 0 spiro atoms. The quantitative estimate of drug-likeness (QED) is 0.728. The molecule has 0 aliphatic rings. The third kappa shape index (κ3) is 1.81. The van der Waals surface area contributed by atoms with E-state index < -0.39 is 5.97 Å². The molecule has 0 amide bonds. The maximum absolute atomic E-state index is 10.5. The van der Waals surface area contributed by atoms with E-state index in [1.807, 2.05) is 19.9 Å². The van der Waals surface area contributed by atoms with E-state index in [9.17, 15) is 4.79 Å². The van der Waals surface area contributed by atoms with Crippen LogP contribution in [0.15, 0.2) is 18.2 Å². The lowest BCUT2D eigenvalue weighted by atomic mass is 10.1. The number of carbonyl (C=O) groups is 1. The van der Waals surface area contributed by atoms with Gasteiger partial charge in [-0.1, -0.05) is 19.9 Å². The van der Waals surface area contributed by atoms with Crippen LogP contribution < -0.4 is 0 Å². The Labute approximate surface area is 71.1 Å². The molecule has 3 nitrogen and oxygen atoms in total. The van der Waals surface area contributed by atoms with E-state index in [-0.39, 0.29) is 11.6 Å². The van der Waals surface area contributed by atoms with Crippen LogP contribution in [0.2, 0.25) is 0 Å². The molecule has 64 valence electrons. The summed E-state index contributed by atoms with van der Waals surface area (Å²) in [5, 5.41) is 8.63. The first-order valence-electron chi connectivity index (χ1n) is 3.81. The predicted molar refractivity (Wildman–Crippen MR) is 45.3 cm³/mol. The zero-order valence-electron chi connectivity index (χ0n) is 7.11. The molecule has 0 aliphatic heterocycles. The first kappa shape index (κ1) is 8.71. The number of nitrogens with zero attached hydrogens (tertiary/aromatic N) is 1.